The number of benzene rings is 1. The summed E-state index contributed by atoms with van der Waals surface area (Å²) in [5.41, 5.74) is 9.29. The van der Waals surface area contributed by atoms with E-state index in [4.69, 9.17) is 5.73 Å². The number of carbonyl (C=O) groups excluding carboxylic acids is 2. The third-order valence-corrected chi connectivity index (χ3v) is 6.11. The minimum atomic E-state index is -0.495. The molecule has 1 aromatic heterocycles. The zero-order valence-corrected chi connectivity index (χ0v) is 15.4. The molecule has 2 heterocycles. The summed E-state index contributed by atoms with van der Waals surface area (Å²) in [5, 5.41) is 0.847. The van der Waals surface area contributed by atoms with E-state index in [0.29, 0.717) is 18.0 Å². The molecule has 0 bridgehead atoms. The fourth-order valence-electron chi connectivity index (χ4n) is 4.00. The fourth-order valence-corrected chi connectivity index (χ4v) is 4.90. The summed E-state index contributed by atoms with van der Waals surface area (Å²) in [6.45, 7) is 6.00. The number of rotatable bonds is 3. The average Bonchev–Trinajstić information content (AvgIpc) is 3.01. The fraction of sp³-hybridized carbons (Fsp3) is 0.421. The first-order valence-corrected chi connectivity index (χ1v) is 9.35. The lowest BCUT2D eigenvalue weighted by Gasteiger charge is -2.24. The van der Waals surface area contributed by atoms with E-state index >= 15 is 0 Å². The average molecular weight is 355 g/mol. The van der Waals surface area contributed by atoms with Gasteiger partial charge in [-0.2, -0.15) is 0 Å². The largest absolute Gasteiger partial charge is 0.368 e. The summed E-state index contributed by atoms with van der Waals surface area (Å²) in [7, 11) is 0. The molecule has 5 nitrogen and oxygen atoms in total. The van der Waals surface area contributed by atoms with Gasteiger partial charge in [-0.05, 0) is 45.1 Å². The molecule has 1 saturated heterocycles. The van der Waals surface area contributed by atoms with Crippen LogP contribution < -0.4 is 5.73 Å². The van der Waals surface area contributed by atoms with Crippen LogP contribution in [0.5, 0.6) is 0 Å². The highest BCUT2D eigenvalue weighted by Gasteiger charge is 2.56. The molecule has 1 aliphatic heterocycles. The van der Waals surface area contributed by atoms with Crippen LogP contribution in [0.1, 0.15) is 39.5 Å². The van der Waals surface area contributed by atoms with Crippen LogP contribution in [0, 0.1) is 26.7 Å². The first-order chi connectivity index (χ1) is 11.8. The van der Waals surface area contributed by atoms with Crippen molar-refractivity contribution in [2.24, 2.45) is 11.7 Å². The van der Waals surface area contributed by atoms with Crippen molar-refractivity contribution in [2.75, 3.05) is 0 Å². The number of thiazole rings is 1. The van der Waals surface area contributed by atoms with E-state index in [9.17, 15) is 9.59 Å². The first kappa shape index (κ1) is 16.3. The van der Waals surface area contributed by atoms with Gasteiger partial charge in [-0.25, -0.2) is 4.98 Å². The number of nitrogens with zero attached hydrogens (tertiary/aromatic N) is 2. The molecule has 1 aliphatic carbocycles. The first-order valence-electron chi connectivity index (χ1n) is 8.53. The number of piperidine rings is 1. The molecule has 130 valence electrons. The molecule has 2 aromatic rings. The van der Waals surface area contributed by atoms with Gasteiger partial charge in [-0.1, -0.05) is 29.3 Å². The van der Waals surface area contributed by atoms with Crippen molar-refractivity contribution in [3.8, 4) is 10.4 Å². The molecular formula is C19H21N3O2S. The van der Waals surface area contributed by atoms with Crippen LogP contribution in [-0.4, -0.2) is 33.8 Å². The van der Waals surface area contributed by atoms with Crippen molar-refractivity contribution in [3.05, 3.63) is 40.0 Å². The van der Waals surface area contributed by atoms with Crippen molar-refractivity contribution >= 4 is 23.2 Å². The van der Waals surface area contributed by atoms with E-state index in [1.807, 2.05) is 20.8 Å². The molecule has 1 saturated carbocycles. The van der Waals surface area contributed by atoms with Gasteiger partial charge in [-0.3, -0.25) is 9.59 Å². The van der Waals surface area contributed by atoms with Gasteiger partial charge in [0, 0.05) is 6.04 Å². The molecular weight excluding hydrogens is 334 g/mol. The third kappa shape index (κ3) is 2.74. The van der Waals surface area contributed by atoms with Gasteiger partial charge in [0.05, 0.1) is 9.88 Å². The minimum absolute atomic E-state index is 0.152. The lowest BCUT2D eigenvalue weighted by atomic mass is 10.0. The SMILES string of the molecule is Cc1cc(C)cc(-c2sc(C)nc2C(=O)N2[C@H](C(N)=O)C[C@H]3C[C@@H]32)c1. The molecule has 2 amide bonds. The van der Waals surface area contributed by atoms with Gasteiger partial charge in [0.2, 0.25) is 5.91 Å². The van der Waals surface area contributed by atoms with Crippen molar-refractivity contribution in [1.82, 2.24) is 9.88 Å². The van der Waals surface area contributed by atoms with Crippen molar-refractivity contribution in [1.29, 1.82) is 0 Å². The Labute approximate surface area is 150 Å². The van der Waals surface area contributed by atoms with Crippen molar-refractivity contribution in [3.63, 3.8) is 0 Å². The van der Waals surface area contributed by atoms with Crippen LogP contribution in [0.2, 0.25) is 0 Å². The Bertz CT molecular complexity index is 869. The number of carbonyl (C=O) groups is 2. The highest BCUT2D eigenvalue weighted by Crippen LogP contribution is 2.48. The number of primary amides is 1. The molecule has 2 aliphatic rings. The lowest BCUT2D eigenvalue weighted by molar-refractivity contribution is -0.122. The number of aromatic nitrogens is 1. The van der Waals surface area contributed by atoms with E-state index in [0.717, 1.165) is 33.0 Å². The van der Waals surface area contributed by atoms with E-state index in [1.54, 1.807) is 4.90 Å². The Morgan fingerprint density at radius 3 is 2.48 bits per heavy atom. The number of aryl methyl sites for hydroxylation is 3. The summed E-state index contributed by atoms with van der Waals surface area (Å²) in [6, 6.07) is 5.92. The van der Waals surface area contributed by atoms with Crippen LogP contribution in [0.15, 0.2) is 18.2 Å². The predicted molar refractivity (Wildman–Crippen MR) is 97.4 cm³/mol. The maximum absolute atomic E-state index is 13.2. The van der Waals surface area contributed by atoms with Crippen molar-refractivity contribution < 1.29 is 9.59 Å². The number of hydrogen-bond acceptors (Lipinski definition) is 4. The number of hydrogen-bond donors (Lipinski definition) is 1. The number of likely N-dealkylation sites (tertiary alicyclic amines) is 1. The standard InChI is InChI=1S/C19H21N3O2S/c1-9-4-10(2)6-13(5-9)17-16(21-11(3)25-17)19(24)22-14-7-12(14)8-15(22)18(20)23/h4-6,12,14-15H,7-8H2,1-3H3,(H2,20,23)/t12-,14+,15+/m1/s1. The molecule has 3 atom stereocenters. The zero-order chi connectivity index (χ0) is 17.9. The topological polar surface area (TPSA) is 76.3 Å². The smallest absolute Gasteiger partial charge is 0.274 e. The lowest BCUT2D eigenvalue weighted by Crippen LogP contribution is -2.46. The molecule has 2 fully saturated rings. The second-order valence-electron chi connectivity index (χ2n) is 7.22. The van der Waals surface area contributed by atoms with Crippen molar-refractivity contribution in [2.45, 2.75) is 45.7 Å². The number of nitrogens with two attached hydrogens (primary N) is 1. The molecule has 0 spiro atoms. The molecule has 4 rings (SSSR count). The minimum Gasteiger partial charge on any atom is -0.368 e. The summed E-state index contributed by atoms with van der Waals surface area (Å²) in [6.07, 6.45) is 1.66. The maximum atomic E-state index is 13.2. The van der Waals surface area contributed by atoms with Gasteiger partial charge in [0.1, 0.15) is 11.7 Å². The van der Waals surface area contributed by atoms with Gasteiger partial charge < -0.3 is 10.6 Å². The van der Waals surface area contributed by atoms with Crippen LogP contribution in [0.25, 0.3) is 10.4 Å². The van der Waals surface area contributed by atoms with E-state index < -0.39 is 11.9 Å². The number of amides is 2. The molecule has 2 N–H and O–H groups in total. The molecule has 1 aromatic carbocycles. The Morgan fingerprint density at radius 1 is 1.16 bits per heavy atom. The van der Waals surface area contributed by atoms with Crippen LogP contribution in [-0.2, 0) is 4.79 Å². The monoisotopic (exact) mass is 355 g/mol. The highest BCUT2D eigenvalue weighted by atomic mass is 32.1. The molecule has 25 heavy (non-hydrogen) atoms. The maximum Gasteiger partial charge on any atom is 0.274 e. The third-order valence-electron chi connectivity index (χ3n) is 5.09. The van der Waals surface area contributed by atoms with Crippen LogP contribution in [0.4, 0.5) is 0 Å². The second kappa shape index (κ2) is 5.66. The van der Waals surface area contributed by atoms with Crippen LogP contribution >= 0.6 is 11.3 Å². The zero-order valence-electron chi connectivity index (χ0n) is 14.6. The van der Waals surface area contributed by atoms with Gasteiger partial charge in [0.25, 0.3) is 5.91 Å². The molecule has 6 heteroatoms. The summed E-state index contributed by atoms with van der Waals surface area (Å²) in [5.74, 6) is -0.154. The summed E-state index contributed by atoms with van der Waals surface area (Å²) >= 11 is 1.52. The van der Waals surface area contributed by atoms with E-state index in [1.165, 1.54) is 11.3 Å². The Hall–Kier alpha value is -2.21. The van der Waals surface area contributed by atoms with E-state index in [-0.39, 0.29) is 11.9 Å². The number of fused-ring (bicyclic) bond motifs is 1. The quantitative estimate of drug-likeness (QED) is 0.920. The van der Waals surface area contributed by atoms with E-state index in [2.05, 4.69) is 23.2 Å². The van der Waals surface area contributed by atoms with Gasteiger partial charge >= 0.3 is 0 Å². The second-order valence-corrected chi connectivity index (χ2v) is 8.42. The van der Waals surface area contributed by atoms with Gasteiger partial charge in [-0.15, -0.1) is 11.3 Å². The Balaban J connectivity index is 1.76. The highest BCUT2D eigenvalue weighted by molar-refractivity contribution is 7.15. The molecule has 0 radical (unpaired) electrons. The summed E-state index contributed by atoms with van der Waals surface area (Å²) < 4.78 is 0. The molecule has 0 unspecified atom stereocenters. The normalized spacial score (nSPS) is 24.3. The predicted octanol–water partition coefficient (Wildman–Crippen LogP) is 2.82. The Kier molecular flexibility index (Phi) is 3.68. The van der Waals surface area contributed by atoms with Gasteiger partial charge in [0.15, 0.2) is 0 Å². The summed E-state index contributed by atoms with van der Waals surface area (Å²) in [4.78, 5) is 32.1. The van der Waals surface area contributed by atoms with Crippen LogP contribution in [0.3, 0.4) is 0 Å². The Morgan fingerprint density at radius 2 is 1.84 bits per heavy atom.